The number of carbonyl (C=O) groups excluding carboxylic acids is 1. The molecule has 1 aromatic rings. The molecule has 1 aliphatic rings. The molecule has 0 aromatic carbocycles. The zero-order valence-electron chi connectivity index (χ0n) is 10.6. The molecule has 0 radical (unpaired) electrons. The minimum atomic E-state index is 0. The first-order valence-electron chi connectivity index (χ1n) is 6.20. The molecule has 1 amide bonds. The third-order valence-electron chi connectivity index (χ3n) is 2.95. The van der Waals surface area contributed by atoms with Crippen LogP contribution in [0, 0.1) is 0 Å². The Hall–Kier alpha value is -1.29. The Kier molecular flexibility index (Phi) is 5.41. The van der Waals surface area contributed by atoms with Crippen LogP contribution >= 0.6 is 12.4 Å². The summed E-state index contributed by atoms with van der Waals surface area (Å²) in [5.74, 6) is 0.187. The molecule has 18 heavy (non-hydrogen) atoms. The van der Waals surface area contributed by atoms with E-state index in [9.17, 15) is 4.79 Å². The first-order chi connectivity index (χ1) is 8.20. The fourth-order valence-electron chi connectivity index (χ4n) is 1.94. The van der Waals surface area contributed by atoms with Crippen LogP contribution in [0.1, 0.15) is 31.9 Å². The van der Waals surface area contributed by atoms with Gasteiger partial charge in [0.05, 0.1) is 18.3 Å². The molecule has 0 bridgehead atoms. The Morgan fingerprint density at radius 3 is 2.72 bits per heavy atom. The average molecular weight is 270 g/mol. The maximum absolute atomic E-state index is 12.1. The molecular weight excluding hydrogens is 250 g/mol. The molecule has 1 heterocycles. The van der Waals surface area contributed by atoms with Gasteiger partial charge in [0, 0.05) is 18.3 Å². The van der Waals surface area contributed by atoms with Crippen LogP contribution in [-0.4, -0.2) is 28.4 Å². The molecule has 4 nitrogen and oxygen atoms in total. The van der Waals surface area contributed by atoms with E-state index in [1.165, 1.54) is 0 Å². The number of pyridine rings is 1. The summed E-state index contributed by atoms with van der Waals surface area (Å²) in [6.07, 6.45) is 5.31. The Bertz CT molecular complexity index is 390. The lowest BCUT2D eigenvalue weighted by Gasteiger charge is -2.21. The topological polar surface area (TPSA) is 59.2 Å². The fraction of sp³-hybridized carbons (Fsp3) is 0.538. The van der Waals surface area contributed by atoms with E-state index < -0.39 is 0 Å². The van der Waals surface area contributed by atoms with Crippen LogP contribution in [0.4, 0.5) is 5.69 Å². The molecule has 0 atom stereocenters. The van der Waals surface area contributed by atoms with Gasteiger partial charge < -0.3 is 10.6 Å². The van der Waals surface area contributed by atoms with Gasteiger partial charge in [0.2, 0.25) is 5.91 Å². The molecule has 0 aliphatic heterocycles. The minimum absolute atomic E-state index is 0. The number of nitrogen functional groups attached to an aromatic ring is 1. The maximum Gasteiger partial charge on any atom is 0.228 e. The summed E-state index contributed by atoms with van der Waals surface area (Å²) in [4.78, 5) is 18.3. The number of nitrogens with zero attached hydrogens (tertiary/aromatic N) is 2. The van der Waals surface area contributed by atoms with Crippen LogP contribution in [0.2, 0.25) is 0 Å². The summed E-state index contributed by atoms with van der Waals surface area (Å²) in [7, 11) is 0. The van der Waals surface area contributed by atoms with Gasteiger partial charge in [0.15, 0.2) is 0 Å². The Balaban J connectivity index is 0.00000162. The Morgan fingerprint density at radius 1 is 1.50 bits per heavy atom. The lowest BCUT2D eigenvalue weighted by Crippen LogP contribution is -2.35. The molecule has 1 aromatic heterocycles. The van der Waals surface area contributed by atoms with Gasteiger partial charge in [0.1, 0.15) is 0 Å². The zero-order chi connectivity index (χ0) is 12.3. The first kappa shape index (κ1) is 14.8. The molecule has 2 N–H and O–H groups in total. The number of halogens is 1. The van der Waals surface area contributed by atoms with Crippen molar-refractivity contribution in [2.24, 2.45) is 0 Å². The third-order valence-corrected chi connectivity index (χ3v) is 2.95. The van der Waals surface area contributed by atoms with Crippen molar-refractivity contribution in [1.29, 1.82) is 0 Å². The lowest BCUT2D eigenvalue weighted by atomic mass is 10.2. The second kappa shape index (κ2) is 6.59. The molecule has 1 aliphatic carbocycles. The van der Waals surface area contributed by atoms with E-state index in [0.29, 0.717) is 18.2 Å². The smallest absolute Gasteiger partial charge is 0.228 e. The van der Waals surface area contributed by atoms with Gasteiger partial charge in [0.25, 0.3) is 0 Å². The first-order valence-corrected chi connectivity index (χ1v) is 6.20. The van der Waals surface area contributed by atoms with E-state index in [4.69, 9.17) is 5.73 Å². The van der Waals surface area contributed by atoms with Gasteiger partial charge in [-0.2, -0.15) is 0 Å². The van der Waals surface area contributed by atoms with Crippen LogP contribution in [0.3, 0.4) is 0 Å². The third kappa shape index (κ3) is 3.88. The number of nitrogens with two attached hydrogens (primary N) is 1. The molecule has 1 saturated carbocycles. The van der Waals surface area contributed by atoms with Gasteiger partial charge in [-0.3, -0.25) is 9.78 Å². The predicted octanol–water partition coefficient (Wildman–Crippen LogP) is 2.03. The van der Waals surface area contributed by atoms with Crippen molar-refractivity contribution in [1.82, 2.24) is 9.88 Å². The number of hydrogen-bond donors (Lipinski definition) is 1. The summed E-state index contributed by atoms with van der Waals surface area (Å²) in [6.45, 7) is 2.96. The molecule has 1 fully saturated rings. The number of aromatic nitrogens is 1. The fourth-order valence-corrected chi connectivity index (χ4v) is 1.94. The predicted molar refractivity (Wildman–Crippen MR) is 74.6 cm³/mol. The summed E-state index contributed by atoms with van der Waals surface area (Å²) in [5, 5.41) is 0. The Labute approximate surface area is 114 Å². The average Bonchev–Trinajstić information content (AvgIpc) is 3.13. The highest BCUT2D eigenvalue weighted by molar-refractivity contribution is 5.85. The quantitative estimate of drug-likeness (QED) is 0.890. The van der Waals surface area contributed by atoms with E-state index in [1.807, 2.05) is 11.0 Å². The number of anilines is 1. The van der Waals surface area contributed by atoms with Crippen LogP contribution in [0.5, 0.6) is 0 Å². The second-order valence-corrected chi connectivity index (χ2v) is 4.58. The van der Waals surface area contributed by atoms with E-state index in [2.05, 4.69) is 11.9 Å². The van der Waals surface area contributed by atoms with Gasteiger partial charge in [-0.05, 0) is 31.4 Å². The molecule has 2 rings (SSSR count). The van der Waals surface area contributed by atoms with E-state index in [1.54, 1.807) is 12.3 Å². The standard InChI is InChI=1S/C13H19N3O.ClH/c1-2-7-16(12-5-6-12)13(17)8-11-4-3-10(14)9-15-11;/h3-4,9,12H,2,5-8,14H2,1H3;1H. The summed E-state index contributed by atoms with van der Waals surface area (Å²) >= 11 is 0. The highest BCUT2D eigenvalue weighted by Crippen LogP contribution is 2.27. The van der Waals surface area contributed by atoms with Crippen LogP contribution in [0.15, 0.2) is 18.3 Å². The van der Waals surface area contributed by atoms with E-state index >= 15 is 0 Å². The van der Waals surface area contributed by atoms with Crippen molar-refractivity contribution in [2.75, 3.05) is 12.3 Å². The van der Waals surface area contributed by atoms with Crippen molar-refractivity contribution in [3.63, 3.8) is 0 Å². The van der Waals surface area contributed by atoms with Crippen LogP contribution < -0.4 is 5.73 Å². The van der Waals surface area contributed by atoms with Gasteiger partial charge in [-0.25, -0.2) is 0 Å². The summed E-state index contributed by atoms with van der Waals surface area (Å²) in [6, 6.07) is 4.09. The second-order valence-electron chi connectivity index (χ2n) is 4.58. The van der Waals surface area contributed by atoms with Gasteiger partial charge >= 0.3 is 0 Å². The molecule has 0 spiro atoms. The highest BCUT2D eigenvalue weighted by atomic mass is 35.5. The van der Waals surface area contributed by atoms with Crippen molar-refractivity contribution < 1.29 is 4.79 Å². The lowest BCUT2D eigenvalue weighted by molar-refractivity contribution is -0.131. The molecule has 0 saturated heterocycles. The van der Waals surface area contributed by atoms with Gasteiger partial charge in [-0.1, -0.05) is 6.92 Å². The zero-order valence-corrected chi connectivity index (χ0v) is 11.4. The summed E-state index contributed by atoms with van der Waals surface area (Å²) < 4.78 is 0. The monoisotopic (exact) mass is 269 g/mol. The maximum atomic E-state index is 12.1. The van der Waals surface area contributed by atoms with Crippen LogP contribution in [-0.2, 0) is 11.2 Å². The van der Waals surface area contributed by atoms with Crippen molar-refractivity contribution >= 4 is 24.0 Å². The molecule has 0 unspecified atom stereocenters. The largest absolute Gasteiger partial charge is 0.397 e. The molecular formula is C13H20ClN3O. The Morgan fingerprint density at radius 2 is 2.22 bits per heavy atom. The summed E-state index contributed by atoms with van der Waals surface area (Å²) in [5.41, 5.74) is 7.00. The van der Waals surface area contributed by atoms with Crippen molar-refractivity contribution in [3.05, 3.63) is 24.0 Å². The molecule has 5 heteroatoms. The SMILES string of the molecule is CCCN(C(=O)Cc1ccc(N)cn1)C1CC1.Cl. The van der Waals surface area contributed by atoms with Crippen molar-refractivity contribution in [2.45, 2.75) is 38.6 Å². The van der Waals surface area contributed by atoms with Gasteiger partial charge in [-0.15, -0.1) is 12.4 Å². The number of rotatable bonds is 5. The van der Waals surface area contributed by atoms with E-state index in [0.717, 1.165) is 31.5 Å². The normalized spacial score (nSPS) is 13.8. The minimum Gasteiger partial charge on any atom is -0.397 e. The number of carbonyl (C=O) groups is 1. The number of hydrogen-bond acceptors (Lipinski definition) is 3. The van der Waals surface area contributed by atoms with Crippen molar-refractivity contribution in [3.8, 4) is 0 Å². The van der Waals surface area contributed by atoms with Crippen LogP contribution in [0.25, 0.3) is 0 Å². The number of amides is 1. The highest BCUT2D eigenvalue weighted by Gasteiger charge is 2.31. The molecule has 100 valence electrons. The van der Waals surface area contributed by atoms with E-state index in [-0.39, 0.29) is 18.3 Å².